The van der Waals surface area contributed by atoms with Crippen LogP contribution in [0.4, 0.5) is 5.69 Å². The molecule has 0 aliphatic carbocycles. The molecule has 3 aromatic carbocycles. The van der Waals surface area contributed by atoms with E-state index in [2.05, 4.69) is 0 Å². The number of benzene rings is 3. The summed E-state index contributed by atoms with van der Waals surface area (Å²) in [5, 5.41) is 0.593. The second-order valence-electron chi connectivity index (χ2n) is 8.63. The van der Waals surface area contributed by atoms with Crippen LogP contribution < -0.4 is 10.3 Å². The Kier molecular flexibility index (Phi) is 4.29. The first-order chi connectivity index (χ1) is 16.4. The summed E-state index contributed by atoms with van der Waals surface area (Å²) < 4.78 is 6.03. The van der Waals surface area contributed by atoms with Crippen molar-refractivity contribution < 1.29 is 14.0 Å². The van der Waals surface area contributed by atoms with Crippen molar-refractivity contribution in [3.63, 3.8) is 0 Å². The van der Waals surface area contributed by atoms with Crippen LogP contribution in [0.15, 0.2) is 82.0 Å². The molecule has 6 rings (SSSR count). The van der Waals surface area contributed by atoms with E-state index in [1.54, 1.807) is 31.3 Å². The molecule has 2 amide bonds. The van der Waals surface area contributed by atoms with E-state index in [0.717, 1.165) is 5.56 Å². The smallest absolute Gasteiger partial charge is 0.292 e. The Morgan fingerprint density at radius 2 is 1.65 bits per heavy atom. The SMILES string of the molecule is CC(c1ccccc1)N1C(=O)c2oc3ccc(Cl)cc3c(=O)c2C12C(=O)N(C)c1ccccc12. The Labute approximate surface area is 200 Å². The van der Waals surface area contributed by atoms with Crippen molar-refractivity contribution in [1.82, 2.24) is 4.90 Å². The second-order valence-corrected chi connectivity index (χ2v) is 9.07. The molecule has 0 saturated carbocycles. The minimum atomic E-state index is -1.65. The van der Waals surface area contributed by atoms with E-state index in [9.17, 15) is 14.4 Å². The molecule has 0 fully saturated rings. The van der Waals surface area contributed by atoms with Gasteiger partial charge in [-0.2, -0.15) is 0 Å². The predicted molar refractivity (Wildman–Crippen MR) is 129 cm³/mol. The van der Waals surface area contributed by atoms with Crippen molar-refractivity contribution in [3.05, 3.63) is 110 Å². The van der Waals surface area contributed by atoms with Crippen LogP contribution in [0.2, 0.25) is 5.02 Å². The van der Waals surface area contributed by atoms with Crippen LogP contribution in [0, 0.1) is 0 Å². The highest BCUT2D eigenvalue weighted by atomic mass is 35.5. The topological polar surface area (TPSA) is 70.8 Å². The molecule has 1 spiro atoms. The fraction of sp³-hybridized carbons (Fsp3) is 0.148. The van der Waals surface area contributed by atoms with Gasteiger partial charge in [0.1, 0.15) is 5.58 Å². The molecule has 2 aliphatic heterocycles. The number of carbonyl (C=O) groups excluding carboxylic acids is 2. The molecule has 0 bridgehead atoms. The lowest BCUT2D eigenvalue weighted by atomic mass is 9.83. The summed E-state index contributed by atoms with van der Waals surface area (Å²) in [5.74, 6) is -0.989. The third kappa shape index (κ3) is 2.43. The zero-order valence-corrected chi connectivity index (χ0v) is 19.2. The van der Waals surface area contributed by atoms with Crippen LogP contribution in [0.5, 0.6) is 0 Å². The minimum Gasteiger partial charge on any atom is -0.450 e. The Morgan fingerprint density at radius 1 is 0.941 bits per heavy atom. The van der Waals surface area contributed by atoms with Crippen molar-refractivity contribution >= 4 is 40.1 Å². The molecule has 2 unspecified atom stereocenters. The molecule has 0 saturated heterocycles. The van der Waals surface area contributed by atoms with E-state index in [1.807, 2.05) is 49.4 Å². The monoisotopic (exact) mass is 470 g/mol. The summed E-state index contributed by atoms with van der Waals surface area (Å²) in [5.41, 5.74) is 0.255. The van der Waals surface area contributed by atoms with Gasteiger partial charge < -0.3 is 14.2 Å². The van der Waals surface area contributed by atoms with E-state index < -0.39 is 22.9 Å². The Morgan fingerprint density at radius 3 is 2.41 bits per heavy atom. The molecule has 34 heavy (non-hydrogen) atoms. The highest BCUT2D eigenvalue weighted by Crippen LogP contribution is 2.54. The van der Waals surface area contributed by atoms with Gasteiger partial charge >= 0.3 is 0 Å². The molecular formula is C27H19ClN2O4. The molecule has 168 valence electrons. The average Bonchev–Trinajstić information content (AvgIpc) is 3.24. The van der Waals surface area contributed by atoms with Gasteiger partial charge in [0.15, 0.2) is 11.0 Å². The summed E-state index contributed by atoms with van der Waals surface area (Å²) in [6.07, 6.45) is 0. The van der Waals surface area contributed by atoms with E-state index in [4.69, 9.17) is 16.0 Å². The largest absolute Gasteiger partial charge is 0.450 e. The number of fused-ring (bicyclic) bond motifs is 5. The molecule has 2 atom stereocenters. The van der Waals surface area contributed by atoms with Gasteiger partial charge in [-0.3, -0.25) is 14.4 Å². The molecule has 0 N–H and O–H groups in total. The van der Waals surface area contributed by atoms with Gasteiger partial charge in [0.25, 0.3) is 11.8 Å². The number of carbonyl (C=O) groups is 2. The van der Waals surface area contributed by atoms with Gasteiger partial charge in [0.05, 0.1) is 17.0 Å². The number of halogens is 1. The summed E-state index contributed by atoms with van der Waals surface area (Å²) >= 11 is 6.18. The highest BCUT2D eigenvalue weighted by molar-refractivity contribution is 6.31. The Balaban J connectivity index is 1.76. The molecule has 2 aliphatic rings. The number of hydrogen-bond acceptors (Lipinski definition) is 4. The Hall–Kier alpha value is -3.90. The number of nitrogens with zero attached hydrogens (tertiary/aromatic N) is 2. The number of hydrogen-bond donors (Lipinski definition) is 0. The molecule has 3 heterocycles. The number of rotatable bonds is 2. The van der Waals surface area contributed by atoms with E-state index in [1.165, 1.54) is 15.9 Å². The summed E-state index contributed by atoms with van der Waals surface area (Å²) in [4.78, 5) is 45.1. The lowest BCUT2D eigenvalue weighted by Crippen LogP contribution is -2.53. The van der Waals surface area contributed by atoms with Crippen LogP contribution >= 0.6 is 11.6 Å². The van der Waals surface area contributed by atoms with E-state index in [-0.39, 0.29) is 28.2 Å². The average molecular weight is 471 g/mol. The van der Waals surface area contributed by atoms with Crippen LogP contribution in [0.3, 0.4) is 0 Å². The summed E-state index contributed by atoms with van der Waals surface area (Å²) in [6, 6.07) is 20.8. The fourth-order valence-corrected chi connectivity index (χ4v) is 5.56. The lowest BCUT2D eigenvalue weighted by Gasteiger charge is -2.38. The third-order valence-electron chi connectivity index (χ3n) is 6.93. The molecule has 6 nitrogen and oxygen atoms in total. The standard InChI is InChI=1S/C27H19ClN2O4/c1-15(16-8-4-3-5-9-16)30-25(32)24-22(23(31)18-14-17(28)12-13-21(18)34-24)27(30)19-10-6-7-11-20(19)29(2)26(27)33/h3-15H,1-2H3. The quantitative estimate of drug-likeness (QED) is 0.418. The van der Waals surface area contributed by atoms with Crippen molar-refractivity contribution in [2.75, 3.05) is 11.9 Å². The fourth-order valence-electron chi connectivity index (χ4n) is 5.39. The number of para-hydroxylation sites is 1. The van der Waals surface area contributed by atoms with Crippen LogP contribution in [0.1, 0.15) is 40.2 Å². The number of anilines is 1. The molecule has 7 heteroatoms. The Bertz CT molecular complexity index is 1580. The van der Waals surface area contributed by atoms with Crippen LogP contribution in [-0.2, 0) is 10.3 Å². The van der Waals surface area contributed by atoms with Gasteiger partial charge in [-0.05, 0) is 36.8 Å². The molecule has 4 aromatic rings. The van der Waals surface area contributed by atoms with Gasteiger partial charge in [-0.15, -0.1) is 0 Å². The minimum absolute atomic E-state index is 0.0387. The molecule has 1 aromatic heterocycles. The normalized spacial score (nSPS) is 19.7. The molecule has 0 radical (unpaired) electrons. The van der Waals surface area contributed by atoms with Gasteiger partial charge in [0, 0.05) is 23.3 Å². The van der Waals surface area contributed by atoms with Crippen molar-refractivity contribution in [2.45, 2.75) is 18.5 Å². The summed E-state index contributed by atoms with van der Waals surface area (Å²) in [7, 11) is 1.66. The van der Waals surface area contributed by atoms with Gasteiger partial charge in [-0.25, -0.2) is 0 Å². The first-order valence-corrected chi connectivity index (χ1v) is 11.3. The zero-order valence-electron chi connectivity index (χ0n) is 18.4. The van der Waals surface area contributed by atoms with Gasteiger partial charge in [-0.1, -0.05) is 60.1 Å². The first kappa shape index (κ1) is 20.7. The molecular weight excluding hydrogens is 452 g/mol. The van der Waals surface area contributed by atoms with Crippen molar-refractivity contribution in [3.8, 4) is 0 Å². The van der Waals surface area contributed by atoms with Crippen LogP contribution in [0.25, 0.3) is 11.0 Å². The predicted octanol–water partition coefficient (Wildman–Crippen LogP) is 4.88. The third-order valence-corrected chi connectivity index (χ3v) is 7.16. The number of likely N-dealkylation sites (N-methyl/N-ethyl adjacent to an activating group) is 1. The highest BCUT2D eigenvalue weighted by Gasteiger charge is 2.65. The maximum atomic E-state index is 14.1. The van der Waals surface area contributed by atoms with Gasteiger partial charge in [0.2, 0.25) is 5.76 Å². The lowest BCUT2D eigenvalue weighted by molar-refractivity contribution is -0.126. The maximum absolute atomic E-state index is 14.1. The van der Waals surface area contributed by atoms with Crippen molar-refractivity contribution in [1.29, 1.82) is 0 Å². The second kappa shape index (κ2) is 7.05. The van der Waals surface area contributed by atoms with E-state index in [0.29, 0.717) is 16.3 Å². The van der Waals surface area contributed by atoms with Crippen LogP contribution in [-0.4, -0.2) is 23.8 Å². The maximum Gasteiger partial charge on any atom is 0.292 e. The van der Waals surface area contributed by atoms with E-state index >= 15 is 0 Å². The number of amides is 2. The first-order valence-electron chi connectivity index (χ1n) is 10.9. The zero-order chi connectivity index (χ0) is 23.8. The van der Waals surface area contributed by atoms with Crippen molar-refractivity contribution in [2.24, 2.45) is 0 Å². The summed E-state index contributed by atoms with van der Waals surface area (Å²) in [6.45, 7) is 1.86.